The quantitative estimate of drug-likeness (QED) is 0.604. The topological polar surface area (TPSA) is 58.6 Å². The van der Waals surface area contributed by atoms with Crippen molar-refractivity contribution in [1.82, 2.24) is 5.32 Å². The Morgan fingerprint density at radius 2 is 2.03 bits per heavy atom. The maximum atomic E-state index is 13.4. The monoisotopic (exact) mass is 432 g/mol. The highest BCUT2D eigenvalue weighted by Crippen LogP contribution is 2.29. The fourth-order valence-corrected chi connectivity index (χ4v) is 3.56. The van der Waals surface area contributed by atoms with Gasteiger partial charge in [0.05, 0.1) is 23.6 Å². The Morgan fingerprint density at radius 3 is 2.70 bits per heavy atom. The molecule has 0 aromatic heterocycles. The van der Waals surface area contributed by atoms with Crippen LogP contribution in [-0.2, 0) is 9.59 Å². The molecule has 0 radical (unpaired) electrons. The lowest BCUT2D eigenvalue weighted by Crippen LogP contribution is -2.34. The first-order valence-corrected chi connectivity index (χ1v) is 10.6. The van der Waals surface area contributed by atoms with Crippen molar-refractivity contribution in [2.24, 2.45) is 5.92 Å². The highest BCUT2D eigenvalue weighted by molar-refractivity contribution is 6.31. The molecule has 2 aromatic carbocycles. The molecule has 160 valence electrons. The summed E-state index contributed by atoms with van der Waals surface area (Å²) in [5, 5.41) is 2.93. The number of amides is 2. The number of nitrogens with one attached hydrogen (secondary N) is 1. The van der Waals surface area contributed by atoms with Crippen LogP contribution in [0.15, 0.2) is 42.5 Å². The summed E-state index contributed by atoms with van der Waals surface area (Å²) in [5.41, 5.74) is 1.45. The molecule has 5 nitrogen and oxygen atoms in total. The summed E-state index contributed by atoms with van der Waals surface area (Å²) in [6.07, 6.45) is 2.20. The maximum Gasteiger partial charge on any atom is 0.227 e. The van der Waals surface area contributed by atoms with Crippen LogP contribution in [0.25, 0.3) is 0 Å². The number of benzene rings is 2. The Labute approximate surface area is 181 Å². The molecular formula is C23H26ClFN2O3. The van der Waals surface area contributed by atoms with Crippen LogP contribution in [0.4, 0.5) is 10.1 Å². The predicted octanol–water partition coefficient (Wildman–Crippen LogP) is 4.89. The van der Waals surface area contributed by atoms with Gasteiger partial charge in [-0.2, -0.15) is 0 Å². The number of unbranched alkanes of at least 4 members (excludes halogenated alkanes) is 1. The summed E-state index contributed by atoms with van der Waals surface area (Å²) < 4.78 is 19.0. The number of carbonyl (C=O) groups excluding carboxylic acids is 2. The molecule has 30 heavy (non-hydrogen) atoms. The second-order valence-corrected chi connectivity index (χ2v) is 7.91. The molecular weight excluding hydrogens is 407 g/mol. The molecule has 7 heteroatoms. The summed E-state index contributed by atoms with van der Waals surface area (Å²) in [7, 11) is 0. The van der Waals surface area contributed by atoms with E-state index in [9.17, 15) is 14.0 Å². The van der Waals surface area contributed by atoms with Crippen molar-refractivity contribution in [3.05, 3.63) is 58.9 Å². The molecule has 2 aromatic rings. The van der Waals surface area contributed by atoms with E-state index in [0.29, 0.717) is 12.3 Å². The molecule has 0 unspecified atom stereocenters. The van der Waals surface area contributed by atoms with Crippen molar-refractivity contribution in [1.29, 1.82) is 0 Å². The molecule has 0 saturated carbocycles. The van der Waals surface area contributed by atoms with E-state index < -0.39 is 11.7 Å². The largest absolute Gasteiger partial charge is 0.494 e. The van der Waals surface area contributed by atoms with E-state index in [-0.39, 0.29) is 35.8 Å². The van der Waals surface area contributed by atoms with Crippen LogP contribution in [0, 0.1) is 11.7 Å². The summed E-state index contributed by atoms with van der Waals surface area (Å²) in [6, 6.07) is 11.6. The third-order valence-corrected chi connectivity index (χ3v) is 5.51. The number of ether oxygens (including phenoxy) is 1. The normalized spacial score (nSPS) is 17.1. The highest BCUT2D eigenvalue weighted by atomic mass is 35.5. The number of hydrogen-bond donors (Lipinski definition) is 1. The molecule has 2 amide bonds. The molecule has 1 aliphatic rings. The van der Waals surface area contributed by atoms with Crippen molar-refractivity contribution >= 4 is 29.1 Å². The molecule has 1 saturated heterocycles. The Morgan fingerprint density at radius 1 is 1.30 bits per heavy atom. The zero-order chi connectivity index (χ0) is 21.7. The Hall–Kier alpha value is -2.60. The van der Waals surface area contributed by atoms with Gasteiger partial charge in [-0.1, -0.05) is 37.1 Å². The van der Waals surface area contributed by atoms with E-state index >= 15 is 0 Å². The van der Waals surface area contributed by atoms with Crippen LogP contribution in [0.3, 0.4) is 0 Å². The Balaban J connectivity index is 1.57. The van der Waals surface area contributed by atoms with Gasteiger partial charge in [0.25, 0.3) is 0 Å². The van der Waals surface area contributed by atoms with Crippen molar-refractivity contribution in [3.8, 4) is 5.75 Å². The minimum absolute atomic E-state index is 0.0519. The third-order valence-electron chi connectivity index (χ3n) is 5.22. The lowest BCUT2D eigenvalue weighted by Gasteiger charge is -2.19. The van der Waals surface area contributed by atoms with Crippen LogP contribution in [0.2, 0.25) is 5.02 Å². The molecule has 1 heterocycles. The number of hydrogen-bond acceptors (Lipinski definition) is 3. The highest BCUT2D eigenvalue weighted by Gasteiger charge is 2.35. The fourth-order valence-electron chi connectivity index (χ4n) is 3.39. The predicted molar refractivity (Wildman–Crippen MR) is 115 cm³/mol. The van der Waals surface area contributed by atoms with E-state index in [1.165, 1.54) is 23.1 Å². The minimum atomic E-state index is -0.544. The summed E-state index contributed by atoms with van der Waals surface area (Å²) in [6.45, 7) is 4.94. The van der Waals surface area contributed by atoms with Crippen LogP contribution in [0.5, 0.6) is 5.75 Å². The summed E-state index contributed by atoms with van der Waals surface area (Å²) in [5.74, 6) is -0.577. The first-order valence-electron chi connectivity index (χ1n) is 10.2. The molecule has 0 aliphatic carbocycles. The van der Waals surface area contributed by atoms with E-state index in [2.05, 4.69) is 12.2 Å². The third kappa shape index (κ3) is 5.30. The number of nitrogens with zero attached hydrogens (tertiary/aromatic N) is 1. The fraction of sp³-hybridized carbons (Fsp3) is 0.391. The molecule has 0 spiro atoms. The van der Waals surface area contributed by atoms with Gasteiger partial charge >= 0.3 is 0 Å². The van der Waals surface area contributed by atoms with Crippen LogP contribution < -0.4 is 15.0 Å². The van der Waals surface area contributed by atoms with Crippen molar-refractivity contribution in [2.45, 2.75) is 39.2 Å². The second-order valence-electron chi connectivity index (χ2n) is 7.51. The van der Waals surface area contributed by atoms with E-state index in [4.69, 9.17) is 16.3 Å². The van der Waals surface area contributed by atoms with E-state index in [0.717, 1.165) is 24.2 Å². The first kappa shape index (κ1) is 22.1. The van der Waals surface area contributed by atoms with Crippen LogP contribution in [0.1, 0.15) is 44.7 Å². The molecule has 1 N–H and O–H groups in total. The van der Waals surface area contributed by atoms with Crippen molar-refractivity contribution < 1.29 is 18.7 Å². The average Bonchev–Trinajstić information content (AvgIpc) is 3.12. The van der Waals surface area contributed by atoms with Crippen LogP contribution in [-0.4, -0.2) is 25.0 Å². The number of rotatable bonds is 8. The summed E-state index contributed by atoms with van der Waals surface area (Å²) >= 11 is 5.82. The number of halogens is 2. The first-order chi connectivity index (χ1) is 14.4. The molecule has 0 bridgehead atoms. The van der Waals surface area contributed by atoms with Gasteiger partial charge < -0.3 is 15.0 Å². The molecule has 2 atom stereocenters. The van der Waals surface area contributed by atoms with Gasteiger partial charge in [-0.3, -0.25) is 9.59 Å². The Bertz CT molecular complexity index is 904. The van der Waals surface area contributed by atoms with Gasteiger partial charge in [-0.05, 0) is 49.2 Å². The van der Waals surface area contributed by atoms with Crippen molar-refractivity contribution in [3.63, 3.8) is 0 Å². The van der Waals surface area contributed by atoms with Crippen LogP contribution >= 0.6 is 11.6 Å². The smallest absolute Gasteiger partial charge is 0.227 e. The summed E-state index contributed by atoms with van der Waals surface area (Å²) in [4.78, 5) is 26.6. The lowest BCUT2D eigenvalue weighted by atomic mass is 10.0. The van der Waals surface area contributed by atoms with E-state index in [1.807, 2.05) is 31.2 Å². The Kier molecular flexibility index (Phi) is 7.32. The van der Waals surface area contributed by atoms with E-state index in [1.54, 1.807) is 0 Å². The minimum Gasteiger partial charge on any atom is -0.494 e. The number of carbonyl (C=O) groups is 2. The molecule has 3 rings (SSSR count). The second kappa shape index (κ2) is 9.94. The lowest BCUT2D eigenvalue weighted by molar-refractivity contribution is -0.126. The standard InChI is InChI=1S/C23H26ClFN2O3/c1-3-4-11-30-19-8-5-16(6-9-19)15(2)26-23(29)17-12-22(28)27(14-17)18-7-10-21(25)20(24)13-18/h5-10,13,15,17H,3-4,11-12,14H2,1-2H3,(H,26,29)/t15-,17+/m1/s1. The SMILES string of the molecule is CCCCOc1ccc([C@@H](C)NC(=O)[C@H]2CC(=O)N(c3ccc(F)c(Cl)c3)C2)cc1. The number of anilines is 1. The van der Waals surface area contributed by atoms with Gasteiger partial charge in [0.1, 0.15) is 11.6 Å². The molecule has 1 aliphatic heterocycles. The maximum absolute atomic E-state index is 13.4. The van der Waals surface area contributed by atoms with Gasteiger partial charge in [-0.25, -0.2) is 4.39 Å². The zero-order valence-electron chi connectivity index (χ0n) is 17.2. The van der Waals surface area contributed by atoms with Gasteiger partial charge in [0.15, 0.2) is 0 Å². The van der Waals surface area contributed by atoms with Gasteiger partial charge in [0.2, 0.25) is 11.8 Å². The van der Waals surface area contributed by atoms with Crippen molar-refractivity contribution in [2.75, 3.05) is 18.1 Å². The zero-order valence-corrected chi connectivity index (χ0v) is 17.9. The van der Waals surface area contributed by atoms with Gasteiger partial charge in [-0.15, -0.1) is 0 Å². The molecule has 1 fully saturated rings. The average molecular weight is 433 g/mol. The van der Waals surface area contributed by atoms with Gasteiger partial charge in [0, 0.05) is 18.7 Å².